The number of carbonyl (C=O) groups is 7. The summed E-state index contributed by atoms with van der Waals surface area (Å²) in [6.07, 6.45) is 11.1. The van der Waals surface area contributed by atoms with Gasteiger partial charge in [-0.25, -0.2) is 27.5 Å². The van der Waals surface area contributed by atoms with Crippen LogP contribution in [0.15, 0.2) is 96.2 Å². The number of amides is 3. The molecular weight excluding hydrogens is 1340 g/mol. The molecule has 0 fully saturated rings. The van der Waals surface area contributed by atoms with Crippen molar-refractivity contribution in [3.8, 4) is 22.3 Å². The van der Waals surface area contributed by atoms with Crippen LogP contribution in [0.3, 0.4) is 0 Å². The summed E-state index contributed by atoms with van der Waals surface area (Å²) in [5.74, 6) is -0.368. The Bertz CT molecular complexity index is 3610. The number of hydrogen-bond acceptors (Lipinski definition) is 21. The lowest BCUT2D eigenvalue weighted by atomic mass is 9.93. The fourth-order valence-corrected chi connectivity index (χ4v) is 12.9. The molecule has 0 spiro atoms. The summed E-state index contributed by atoms with van der Waals surface area (Å²) in [5.41, 5.74) is 13.3. The fourth-order valence-electron chi connectivity index (χ4n) is 11.7. The Labute approximate surface area is 606 Å². The molecule has 0 saturated carbocycles. The van der Waals surface area contributed by atoms with Crippen LogP contribution >= 0.6 is 0 Å². The van der Waals surface area contributed by atoms with Crippen LogP contribution in [0.5, 0.6) is 0 Å². The molecule has 4 atom stereocenters. The zero-order chi connectivity index (χ0) is 74.9. The topological polar surface area (TPSA) is 341 Å². The first-order chi connectivity index (χ1) is 49.8. The predicted octanol–water partition coefficient (Wildman–Crippen LogP) is 11.1. The van der Waals surface area contributed by atoms with E-state index in [0.29, 0.717) is 119 Å². The van der Waals surface area contributed by atoms with Crippen LogP contribution in [-0.4, -0.2) is 184 Å². The Morgan fingerprint density at radius 1 is 0.563 bits per heavy atom. The average molecular weight is 1450 g/mol. The van der Waals surface area contributed by atoms with Gasteiger partial charge in [-0.15, -0.1) is 0 Å². The molecule has 0 radical (unpaired) electrons. The number of carbonyl (C=O) groups excluding carboxylic acids is 7. The first kappa shape index (κ1) is 85.6. The first-order valence-electron chi connectivity index (χ1n) is 35.9. The number of aliphatic hydroxyl groups excluding tert-OH is 2. The molecule has 26 heteroatoms. The van der Waals surface area contributed by atoms with Gasteiger partial charge in [0.25, 0.3) is 0 Å². The number of ketones is 3. The monoisotopic (exact) mass is 1450 g/mol. The van der Waals surface area contributed by atoms with E-state index in [9.17, 15) is 42.0 Å². The van der Waals surface area contributed by atoms with Crippen molar-refractivity contribution in [2.45, 2.75) is 166 Å². The van der Waals surface area contributed by atoms with E-state index in [0.717, 1.165) is 95.4 Å². The van der Waals surface area contributed by atoms with Crippen LogP contribution in [0.4, 0.5) is 14.4 Å². The normalized spacial score (nSPS) is 13.6. The van der Waals surface area contributed by atoms with E-state index in [-0.39, 0.29) is 98.2 Å². The van der Waals surface area contributed by atoms with E-state index in [4.69, 9.17) is 43.4 Å². The van der Waals surface area contributed by atoms with E-state index in [2.05, 4.69) is 62.0 Å². The molecule has 2 aliphatic rings. The Morgan fingerprint density at radius 3 is 1.67 bits per heavy atom. The number of pyridine rings is 1. The van der Waals surface area contributed by atoms with Gasteiger partial charge in [0, 0.05) is 154 Å². The van der Waals surface area contributed by atoms with E-state index in [1.807, 2.05) is 74.5 Å². The van der Waals surface area contributed by atoms with Crippen LogP contribution in [0, 0.1) is 0 Å². The van der Waals surface area contributed by atoms with Gasteiger partial charge in [-0.2, -0.15) is 5.48 Å². The van der Waals surface area contributed by atoms with Crippen LogP contribution in [-0.2, 0) is 65.7 Å². The zero-order valence-electron chi connectivity index (χ0n) is 61.2. The molecule has 0 aliphatic heterocycles. The van der Waals surface area contributed by atoms with Gasteiger partial charge in [-0.05, 0) is 145 Å². The Kier molecular flexibility index (Phi) is 39.3. The Morgan fingerprint density at radius 2 is 1.11 bits per heavy atom. The number of hydrogen-bond donors (Lipinski definition) is 7. The molecule has 1 heterocycles. The summed E-state index contributed by atoms with van der Waals surface area (Å²) in [5, 5.41) is 25.9. The molecule has 7 N–H and O–H groups in total. The molecule has 0 saturated heterocycles. The summed E-state index contributed by atoms with van der Waals surface area (Å²) >= 11 is 0. The lowest BCUT2D eigenvalue weighted by molar-refractivity contribution is -0.121. The molecular formula is C77H108N6O19S. The predicted molar refractivity (Wildman–Crippen MR) is 391 cm³/mol. The van der Waals surface area contributed by atoms with Crippen molar-refractivity contribution < 1.29 is 90.2 Å². The van der Waals surface area contributed by atoms with E-state index >= 15 is 0 Å². The smallest absolute Gasteiger partial charge is 0.449 e. The minimum absolute atomic E-state index is 0.000822. The molecule has 25 nitrogen and oxygen atoms in total. The van der Waals surface area contributed by atoms with Crippen molar-refractivity contribution in [2.75, 3.05) is 107 Å². The third-order valence-electron chi connectivity index (χ3n) is 17.1. The van der Waals surface area contributed by atoms with Gasteiger partial charge < -0.3 is 64.2 Å². The SMILES string of the molecule is CCCCOCCCC(=O)c1ccc2c(c1)C(COC(=O)NC)c1cc(C(=O)CCCOC(C)CCO)ccc1-2.CCCCOCCNC(=O)CCCc1ccc2c(c1)C(COC(=O)NC)c1cccc(C(=O)CCCOC(C)CCO)c1-2.CCNS(=O)(=O)c1cnccc1CCOC(=O)ONC. The van der Waals surface area contributed by atoms with E-state index in [1.54, 1.807) is 13.0 Å². The van der Waals surface area contributed by atoms with Gasteiger partial charge in [0.1, 0.15) is 18.1 Å². The van der Waals surface area contributed by atoms with Gasteiger partial charge in [-0.3, -0.25) is 24.2 Å². The number of sulfonamides is 1. The van der Waals surface area contributed by atoms with Crippen LogP contribution in [0.2, 0.25) is 0 Å². The quantitative estimate of drug-likeness (QED) is 0.00626. The number of Topliss-reactive ketones (excluding diaryl/α,β-unsaturated/α-hetero) is 3. The number of alkyl carbamates (subject to hydrolysis) is 2. The second-order valence-electron chi connectivity index (χ2n) is 24.8. The summed E-state index contributed by atoms with van der Waals surface area (Å²) in [7, 11) is 0.855. The highest BCUT2D eigenvalue weighted by Gasteiger charge is 2.34. The molecule has 2 aliphatic carbocycles. The third kappa shape index (κ3) is 28.5. The molecule has 566 valence electrons. The third-order valence-corrected chi connectivity index (χ3v) is 18.8. The van der Waals surface area contributed by atoms with Crippen LogP contribution < -0.4 is 26.2 Å². The number of nitrogens with zero attached hydrogens (tertiary/aromatic N) is 1. The van der Waals surface area contributed by atoms with Gasteiger partial charge in [-0.1, -0.05) is 94.3 Å². The number of aryl methyl sites for hydroxylation is 1. The number of aromatic nitrogens is 1. The molecule has 7 rings (SSSR count). The molecule has 4 aromatic carbocycles. The largest absolute Gasteiger partial charge is 0.527 e. The van der Waals surface area contributed by atoms with Crippen LogP contribution in [0.25, 0.3) is 22.3 Å². The van der Waals surface area contributed by atoms with Crippen molar-refractivity contribution in [1.82, 2.24) is 31.1 Å². The number of benzene rings is 4. The van der Waals surface area contributed by atoms with Gasteiger partial charge in [0.15, 0.2) is 17.3 Å². The minimum Gasteiger partial charge on any atom is -0.449 e. The summed E-state index contributed by atoms with van der Waals surface area (Å²) in [6, 6.07) is 24.9. The molecule has 1 aromatic heterocycles. The number of ether oxygens (including phenoxy) is 7. The number of fused-ring (bicyclic) bond motifs is 6. The maximum Gasteiger partial charge on any atom is 0.527 e. The second kappa shape index (κ2) is 47.3. The van der Waals surface area contributed by atoms with Crippen molar-refractivity contribution >= 4 is 51.6 Å². The number of nitrogens with one attached hydrogen (secondary N) is 5. The second-order valence-corrected chi connectivity index (χ2v) is 26.6. The highest BCUT2D eigenvalue weighted by molar-refractivity contribution is 7.89. The van der Waals surface area contributed by atoms with Gasteiger partial charge in [0.05, 0.1) is 25.4 Å². The molecule has 0 bridgehead atoms. The van der Waals surface area contributed by atoms with Crippen molar-refractivity contribution in [3.63, 3.8) is 0 Å². The maximum absolute atomic E-state index is 13.4. The lowest BCUT2D eigenvalue weighted by Gasteiger charge is -2.15. The van der Waals surface area contributed by atoms with Crippen molar-refractivity contribution in [2.24, 2.45) is 0 Å². The fraction of sp³-hybridized carbons (Fsp3) is 0.532. The molecule has 3 amide bonds. The average Bonchev–Trinajstić information content (AvgIpc) is 1.61. The summed E-state index contributed by atoms with van der Waals surface area (Å²) < 4.78 is 64.4. The van der Waals surface area contributed by atoms with Crippen molar-refractivity contribution in [3.05, 3.63) is 141 Å². The van der Waals surface area contributed by atoms with E-state index < -0.39 is 28.4 Å². The highest BCUT2D eigenvalue weighted by Crippen LogP contribution is 2.48. The Hall–Kier alpha value is -8.05. The Balaban J connectivity index is 0.000000296. The number of rotatable bonds is 45. The van der Waals surface area contributed by atoms with E-state index in [1.165, 1.54) is 33.5 Å². The minimum atomic E-state index is -3.60. The number of hydroxylamine groups is 1. The molecule has 103 heavy (non-hydrogen) atoms. The molecule has 5 aromatic rings. The van der Waals surface area contributed by atoms with Crippen LogP contribution in [0.1, 0.15) is 201 Å². The number of unbranched alkanes of at least 4 members (excludes halogenated alkanes) is 2. The zero-order valence-corrected chi connectivity index (χ0v) is 62.0. The summed E-state index contributed by atoms with van der Waals surface area (Å²) in [6.45, 7) is 14.4. The molecule has 4 unspecified atom stereocenters. The maximum atomic E-state index is 13.4. The van der Waals surface area contributed by atoms with Gasteiger partial charge in [0.2, 0.25) is 15.9 Å². The van der Waals surface area contributed by atoms with Crippen molar-refractivity contribution in [1.29, 1.82) is 0 Å². The lowest BCUT2D eigenvalue weighted by Crippen LogP contribution is -2.27. The highest BCUT2D eigenvalue weighted by atomic mass is 32.2. The number of aliphatic hydroxyl groups is 2. The standard InChI is InChI=1S/C34H48N2O7.C32H43NO7.C11H17N3O5S/c1-4-5-19-41-21-17-36-32(39)13-6-9-25-14-15-27-29(22-25)30(23-43-34(40)35-3)26-10-7-11-28(33(26)27)31(38)12-8-20-42-24(2)16-18-37;1-4-5-16-38-17-6-8-30(35)23-10-12-25-26-13-11-24(31(36)9-7-18-39-22(2)14-15-34)20-28(26)29(27(25)19-23)21-40-32(37)33-3;1-3-14-20(16,17)10-8-13-6-4-9(10)5-7-18-11(15)19-12-2/h7,10-11,14-15,22,24,30,37H,4-6,8-9,12-13,16-21,23H2,1-3H3,(H,35,40)(H,36,39);10-13,19-20,22,29,34H,4-9,14-18,21H2,1-3H3,(H,33,37);4,6,8,12,14H,3,5,7H2,1-2H3. The summed E-state index contributed by atoms with van der Waals surface area (Å²) in [4.78, 5) is 94.7. The first-order valence-corrected chi connectivity index (χ1v) is 37.4. The van der Waals surface area contributed by atoms with Gasteiger partial charge >= 0.3 is 18.3 Å².